The molecule has 96 valence electrons. The summed E-state index contributed by atoms with van der Waals surface area (Å²) in [6, 6.07) is 1.73. The summed E-state index contributed by atoms with van der Waals surface area (Å²) in [5, 5.41) is 14.0. The minimum Gasteiger partial charge on any atom is -0.355 e. The first-order valence-corrected chi connectivity index (χ1v) is 6.59. The molecule has 0 saturated heterocycles. The third-order valence-corrected chi connectivity index (χ3v) is 4.22. The van der Waals surface area contributed by atoms with Crippen LogP contribution in [-0.2, 0) is 0 Å². The number of nitro groups is 1. The average Bonchev–Trinajstić information content (AvgIpc) is 2.69. The number of nitro benzene ring substituents is 1. The van der Waals surface area contributed by atoms with Crippen LogP contribution < -0.4 is 11.1 Å². The van der Waals surface area contributed by atoms with E-state index in [0.717, 1.165) is 0 Å². The Balaban J connectivity index is 2.60. The zero-order chi connectivity index (χ0) is 13.3. The molecule has 7 nitrogen and oxygen atoms in total. The Morgan fingerprint density at radius 3 is 2.89 bits per heavy atom. The maximum Gasteiger partial charge on any atom is 0.312 e. The second-order valence-electron chi connectivity index (χ2n) is 3.48. The molecular formula is C9H9Br2N5O2. The van der Waals surface area contributed by atoms with Gasteiger partial charge in [-0.2, -0.15) is 0 Å². The van der Waals surface area contributed by atoms with Crippen molar-refractivity contribution in [3.05, 3.63) is 25.1 Å². The van der Waals surface area contributed by atoms with Crippen LogP contribution in [0.25, 0.3) is 11.0 Å². The number of H-pyrrole nitrogens is 1. The van der Waals surface area contributed by atoms with E-state index in [1.165, 1.54) is 0 Å². The number of aromatic amines is 1. The van der Waals surface area contributed by atoms with E-state index in [0.29, 0.717) is 39.0 Å². The van der Waals surface area contributed by atoms with Crippen LogP contribution in [0.2, 0.25) is 0 Å². The van der Waals surface area contributed by atoms with Crippen molar-refractivity contribution in [3.63, 3.8) is 0 Å². The monoisotopic (exact) mass is 377 g/mol. The lowest BCUT2D eigenvalue weighted by molar-refractivity contribution is -0.384. The van der Waals surface area contributed by atoms with Gasteiger partial charge in [0.25, 0.3) is 0 Å². The lowest BCUT2D eigenvalue weighted by atomic mass is 10.3. The van der Waals surface area contributed by atoms with Crippen LogP contribution in [-0.4, -0.2) is 28.0 Å². The molecule has 2 rings (SSSR count). The van der Waals surface area contributed by atoms with Crippen LogP contribution in [0.3, 0.4) is 0 Å². The van der Waals surface area contributed by atoms with Gasteiger partial charge in [0.05, 0.1) is 10.4 Å². The fourth-order valence-corrected chi connectivity index (χ4v) is 2.38. The summed E-state index contributed by atoms with van der Waals surface area (Å²) in [5.74, 6) is 0.462. The van der Waals surface area contributed by atoms with Crippen LogP contribution in [0.4, 0.5) is 11.6 Å². The van der Waals surface area contributed by atoms with Crippen molar-refractivity contribution in [2.24, 2.45) is 5.73 Å². The molecule has 0 aliphatic heterocycles. The van der Waals surface area contributed by atoms with E-state index in [1.54, 1.807) is 6.07 Å². The predicted octanol–water partition coefficient (Wildman–Crippen LogP) is 2.37. The molecule has 0 radical (unpaired) electrons. The van der Waals surface area contributed by atoms with Crippen molar-refractivity contribution in [1.82, 2.24) is 9.97 Å². The lowest BCUT2D eigenvalue weighted by Gasteiger charge is -1.98. The van der Waals surface area contributed by atoms with E-state index in [-0.39, 0.29) is 5.69 Å². The molecule has 0 spiro atoms. The van der Waals surface area contributed by atoms with E-state index < -0.39 is 4.92 Å². The molecule has 9 heteroatoms. The summed E-state index contributed by atoms with van der Waals surface area (Å²) < 4.78 is 0.965. The first-order valence-electron chi connectivity index (χ1n) is 5.00. The van der Waals surface area contributed by atoms with Crippen molar-refractivity contribution in [1.29, 1.82) is 0 Å². The van der Waals surface area contributed by atoms with Gasteiger partial charge in [-0.25, -0.2) is 4.98 Å². The molecule has 0 aliphatic rings. The maximum atomic E-state index is 11.1. The highest BCUT2D eigenvalue weighted by Gasteiger charge is 2.23. The van der Waals surface area contributed by atoms with Crippen LogP contribution in [0.5, 0.6) is 0 Å². The molecule has 4 N–H and O–H groups in total. The number of aromatic nitrogens is 2. The zero-order valence-corrected chi connectivity index (χ0v) is 12.2. The van der Waals surface area contributed by atoms with E-state index >= 15 is 0 Å². The standard InChI is InChI=1S/C9H9Br2N5O2/c10-4-3-5-7(8(6(4)11)16(17)18)15-9(14-5)13-2-1-12/h3H,1-2,12H2,(H2,13,14,15). The first-order chi connectivity index (χ1) is 8.54. The number of halogens is 2. The lowest BCUT2D eigenvalue weighted by Crippen LogP contribution is -2.13. The SMILES string of the molecule is NCCNc1nc2c([N+](=O)[O-])c(Br)c(Br)cc2[nH]1. The van der Waals surface area contributed by atoms with Gasteiger partial charge in [0, 0.05) is 17.6 Å². The van der Waals surface area contributed by atoms with Gasteiger partial charge in [0.15, 0.2) is 5.52 Å². The molecule has 1 heterocycles. The molecule has 18 heavy (non-hydrogen) atoms. The van der Waals surface area contributed by atoms with Crippen molar-refractivity contribution < 1.29 is 4.92 Å². The number of rotatable bonds is 4. The number of nitrogens with one attached hydrogen (secondary N) is 2. The number of benzene rings is 1. The van der Waals surface area contributed by atoms with Crippen LogP contribution in [0.15, 0.2) is 15.0 Å². The molecular weight excluding hydrogens is 370 g/mol. The average molecular weight is 379 g/mol. The molecule has 0 fully saturated rings. The number of anilines is 1. The topological polar surface area (TPSA) is 110 Å². The van der Waals surface area contributed by atoms with Gasteiger partial charge in [-0.05, 0) is 37.9 Å². The van der Waals surface area contributed by atoms with Gasteiger partial charge in [-0.1, -0.05) is 0 Å². The van der Waals surface area contributed by atoms with E-state index in [4.69, 9.17) is 5.73 Å². The summed E-state index contributed by atoms with van der Waals surface area (Å²) in [6.07, 6.45) is 0. The van der Waals surface area contributed by atoms with Gasteiger partial charge >= 0.3 is 5.69 Å². The van der Waals surface area contributed by atoms with E-state index in [1.807, 2.05) is 0 Å². The second kappa shape index (κ2) is 5.21. The number of imidazole rings is 1. The molecule has 0 amide bonds. The Kier molecular flexibility index (Phi) is 3.83. The minimum absolute atomic E-state index is 0.0728. The van der Waals surface area contributed by atoms with E-state index in [2.05, 4.69) is 47.1 Å². The summed E-state index contributed by atoms with van der Waals surface area (Å²) in [6.45, 7) is 0.989. The Morgan fingerprint density at radius 2 is 2.28 bits per heavy atom. The maximum absolute atomic E-state index is 11.1. The van der Waals surface area contributed by atoms with Gasteiger partial charge < -0.3 is 16.0 Å². The van der Waals surface area contributed by atoms with Gasteiger partial charge in [0.1, 0.15) is 4.47 Å². The number of hydrogen-bond donors (Lipinski definition) is 3. The van der Waals surface area contributed by atoms with Crippen molar-refractivity contribution in [2.45, 2.75) is 0 Å². The molecule has 2 aromatic rings. The molecule has 1 aromatic heterocycles. The third kappa shape index (κ3) is 2.33. The number of nitrogens with zero attached hydrogens (tertiary/aromatic N) is 2. The predicted molar refractivity (Wildman–Crippen MR) is 75.7 cm³/mol. The molecule has 0 bridgehead atoms. The summed E-state index contributed by atoms with van der Waals surface area (Å²) >= 11 is 6.44. The fraction of sp³-hybridized carbons (Fsp3) is 0.222. The summed E-state index contributed by atoms with van der Waals surface area (Å²) in [5.41, 5.74) is 6.18. The van der Waals surface area contributed by atoms with Crippen LogP contribution >= 0.6 is 31.9 Å². The normalized spacial score (nSPS) is 10.8. The van der Waals surface area contributed by atoms with Crippen LogP contribution in [0, 0.1) is 10.1 Å². The Labute approximate surface area is 119 Å². The molecule has 1 aromatic carbocycles. The largest absolute Gasteiger partial charge is 0.355 e. The van der Waals surface area contributed by atoms with Crippen molar-refractivity contribution in [2.75, 3.05) is 18.4 Å². The number of hydrogen-bond acceptors (Lipinski definition) is 5. The Bertz CT molecular complexity index is 613. The number of fused-ring (bicyclic) bond motifs is 1. The smallest absolute Gasteiger partial charge is 0.312 e. The summed E-state index contributed by atoms with van der Waals surface area (Å²) in [4.78, 5) is 17.7. The molecule has 0 aliphatic carbocycles. The fourth-order valence-electron chi connectivity index (χ4n) is 1.52. The molecule has 0 saturated carbocycles. The Hall–Kier alpha value is -1.19. The van der Waals surface area contributed by atoms with Gasteiger partial charge in [-0.15, -0.1) is 0 Å². The highest BCUT2D eigenvalue weighted by Crippen LogP contribution is 2.38. The zero-order valence-electron chi connectivity index (χ0n) is 9.04. The third-order valence-electron chi connectivity index (χ3n) is 2.26. The van der Waals surface area contributed by atoms with Crippen molar-refractivity contribution >= 4 is 54.5 Å². The van der Waals surface area contributed by atoms with Gasteiger partial charge in [0.2, 0.25) is 5.95 Å². The number of nitrogens with two attached hydrogens (primary N) is 1. The second-order valence-corrected chi connectivity index (χ2v) is 5.12. The van der Waals surface area contributed by atoms with Crippen molar-refractivity contribution in [3.8, 4) is 0 Å². The summed E-state index contributed by atoms with van der Waals surface area (Å²) in [7, 11) is 0. The molecule has 0 atom stereocenters. The van der Waals surface area contributed by atoms with Gasteiger partial charge in [-0.3, -0.25) is 10.1 Å². The molecule has 0 unspecified atom stereocenters. The quantitative estimate of drug-likeness (QED) is 0.558. The van der Waals surface area contributed by atoms with E-state index in [9.17, 15) is 10.1 Å². The highest BCUT2D eigenvalue weighted by molar-refractivity contribution is 9.13. The first kappa shape index (κ1) is 13.2. The highest BCUT2D eigenvalue weighted by atomic mass is 79.9. The Morgan fingerprint density at radius 1 is 1.56 bits per heavy atom. The van der Waals surface area contributed by atoms with Crippen LogP contribution in [0.1, 0.15) is 0 Å². The minimum atomic E-state index is -0.468.